The largest absolute Gasteiger partial charge is 0.478 e. The predicted molar refractivity (Wildman–Crippen MR) is 128 cm³/mol. The molecule has 34 heavy (non-hydrogen) atoms. The molecular formula is C23H40O11. The third-order valence-electron chi connectivity index (χ3n) is 3.62. The van der Waals surface area contributed by atoms with E-state index < -0.39 is 29.3 Å². The lowest BCUT2D eigenvalue weighted by atomic mass is 9.88. The Bertz CT molecular complexity index is 589. The topological polar surface area (TPSA) is 210 Å². The van der Waals surface area contributed by atoms with Gasteiger partial charge in [0, 0.05) is 27.7 Å². The first-order chi connectivity index (χ1) is 15.4. The Morgan fingerprint density at radius 2 is 0.853 bits per heavy atom. The highest BCUT2D eigenvalue weighted by molar-refractivity contribution is 5.86. The highest BCUT2D eigenvalue weighted by Crippen LogP contribution is 2.18. The van der Waals surface area contributed by atoms with Gasteiger partial charge in [0.1, 0.15) is 0 Å². The molecule has 0 unspecified atom stereocenters. The fourth-order valence-electron chi connectivity index (χ4n) is 0.609. The van der Waals surface area contributed by atoms with Gasteiger partial charge in [-0.1, -0.05) is 32.7 Å². The van der Waals surface area contributed by atoms with E-state index in [-0.39, 0.29) is 36.5 Å². The molecule has 7 N–H and O–H groups in total. The molecule has 0 heterocycles. The van der Waals surface area contributed by atoms with Crippen molar-refractivity contribution in [3.8, 4) is 0 Å². The molecule has 0 spiro atoms. The number of carboxylic acid groups (broad SMARTS) is 4. The maximum absolute atomic E-state index is 9.86. The molecular weight excluding hydrogens is 452 g/mol. The summed E-state index contributed by atoms with van der Waals surface area (Å²) in [6, 6.07) is 0. The smallest absolute Gasteiger partial charge is 0.330 e. The second kappa shape index (κ2) is 24.4. The minimum atomic E-state index is -0.935. The van der Waals surface area contributed by atoms with Crippen LogP contribution in [0.25, 0.3) is 0 Å². The average Bonchev–Trinajstić information content (AvgIpc) is 2.76. The van der Waals surface area contributed by atoms with Crippen LogP contribution in [0.4, 0.5) is 0 Å². The van der Waals surface area contributed by atoms with Gasteiger partial charge in [-0.2, -0.15) is 0 Å². The van der Waals surface area contributed by atoms with Crippen LogP contribution in [0.3, 0.4) is 0 Å². The van der Waals surface area contributed by atoms with Crippen LogP contribution >= 0.6 is 0 Å². The summed E-state index contributed by atoms with van der Waals surface area (Å²) in [5.41, 5.74) is 0.250. The van der Waals surface area contributed by atoms with Crippen molar-refractivity contribution in [2.45, 2.75) is 48.0 Å². The minimum Gasteiger partial charge on any atom is -0.478 e. The van der Waals surface area contributed by atoms with Gasteiger partial charge in [0.25, 0.3) is 0 Å². The molecule has 0 aromatic rings. The van der Waals surface area contributed by atoms with Crippen molar-refractivity contribution in [2.24, 2.45) is 5.41 Å². The fourth-order valence-corrected chi connectivity index (χ4v) is 0.609. The summed E-state index contributed by atoms with van der Waals surface area (Å²) in [5, 5.41) is 57.8. The average molecular weight is 493 g/mol. The normalized spacial score (nSPS) is 9.50. The SMILES string of the molecule is C=C(C)C(=O)O.C=C(C)C(=O)O.C=C(C)C(=O)O.CC=C(C)C(=O)O.CCC(CO)(CO)CO. The molecule has 11 heteroatoms. The Labute approximate surface area is 200 Å². The van der Waals surface area contributed by atoms with Gasteiger partial charge < -0.3 is 35.7 Å². The van der Waals surface area contributed by atoms with E-state index in [4.69, 9.17) is 35.7 Å². The van der Waals surface area contributed by atoms with E-state index in [0.29, 0.717) is 12.0 Å². The third kappa shape index (κ3) is 30.9. The van der Waals surface area contributed by atoms with Crippen molar-refractivity contribution in [3.05, 3.63) is 48.1 Å². The standard InChI is InChI=1S/C6H14O3.C5H8O2.3C4H6O2/c1-2-6(3-7,4-8)5-9;1-3-4(2)5(6)7;3*1-3(2)4(5)6/h7-9H,2-5H2,1H3;3H,1-2H3,(H,6,7);3*1H2,2H3,(H,5,6). The molecule has 0 aromatic carbocycles. The second-order valence-corrected chi connectivity index (χ2v) is 6.86. The lowest BCUT2D eigenvalue weighted by molar-refractivity contribution is -0.133. The maximum Gasteiger partial charge on any atom is 0.330 e. The quantitative estimate of drug-likeness (QED) is 0.244. The van der Waals surface area contributed by atoms with Crippen LogP contribution in [0.2, 0.25) is 0 Å². The number of aliphatic carboxylic acids is 4. The van der Waals surface area contributed by atoms with E-state index in [2.05, 4.69) is 19.7 Å². The van der Waals surface area contributed by atoms with Crippen molar-refractivity contribution >= 4 is 23.9 Å². The van der Waals surface area contributed by atoms with Crippen molar-refractivity contribution in [3.63, 3.8) is 0 Å². The monoisotopic (exact) mass is 492 g/mol. The second-order valence-electron chi connectivity index (χ2n) is 6.86. The minimum absolute atomic E-state index is 0.156. The van der Waals surface area contributed by atoms with Crippen LogP contribution in [0.1, 0.15) is 48.0 Å². The number of hydrogen-bond donors (Lipinski definition) is 7. The molecule has 0 rings (SSSR count). The van der Waals surface area contributed by atoms with Gasteiger partial charge >= 0.3 is 23.9 Å². The van der Waals surface area contributed by atoms with E-state index >= 15 is 0 Å². The molecule has 0 aromatic heterocycles. The number of aliphatic hydroxyl groups excluding tert-OH is 3. The van der Waals surface area contributed by atoms with E-state index in [9.17, 15) is 19.2 Å². The lowest BCUT2D eigenvalue weighted by Crippen LogP contribution is -2.32. The molecule has 0 bridgehead atoms. The van der Waals surface area contributed by atoms with Crippen molar-refractivity contribution < 1.29 is 54.9 Å². The molecule has 11 nitrogen and oxygen atoms in total. The van der Waals surface area contributed by atoms with Crippen LogP contribution in [-0.2, 0) is 19.2 Å². The lowest BCUT2D eigenvalue weighted by Gasteiger charge is -2.24. The molecule has 0 aliphatic carbocycles. The Morgan fingerprint density at radius 1 is 0.647 bits per heavy atom. The zero-order valence-corrected chi connectivity index (χ0v) is 20.8. The van der Waals surface area contributed by atoms with Gasteiger partial charge in [-0.15, -0.1) is 0 Å². The first-order valence-corrected chi connectivity index (χ1v) is 9.71. The highest BCUT2D eigenvalue weighted by Gasteiger charge is 2.24. The van der Waals surface area contributed by atoms with Gasteiger partial charge in [0.2, 0.25) is 0 Å². The molecule has 0 aliphatic heterocycles. The molecule has 198 valence electrons. The Morgan fingerprint density at radius 3 is 0.853 bits per heavy atom. The van der Waals surface area contributed by atoms with Crippen molar-refractivity contribution in [1.29, 1.82) is 0 Å². The first-order valence-electron chi connectivity index (χ1n) is 9.71. The van der Waals surface area contributed by atoms with Crippen molar-refractivity contribution in [2.75, 3.05) is 19.8 Å². The van der Waals surface area contributed by atoms with Crippen molar-refractivity contribution in [1.82, 2.24) is 0 Å². The van der Waals surface area contributed by atoms with Gasteiger partial charge in [-0.05, 0) is 41.0 Å². The third-order valence-corrected chi connectivity index (χ3v) is 3.62. The Kier molecular flexibility index (Phi) is 29.4. The van der Waals surface area contributed by atoms with Gasteiger partial charge in [0.05, 0.1) is 19.8 Å². The summed E-state index contributed by atoms with van der Waals surface area (Å²) in [6.07, 6.45) is 2.15. The number of rotatable bonds is 8. The van der Waals surface area contributed by atoms with E-state index in [1.54, 1.807) is 19.9 Å². The zero-order valence-electron chi connectivity index (χ0n) is 20.8. The van der Waals surface area contributed by atoms with Gasteiger partial charge in [0.15, 0.2) is 0 Å². The zero-order chi connectivity index (χ0) is 28.7. The molecule has 0 aliphatic rings. The number of allylic oxidation sites excluding steroid dienone is 1. The number of carboxylic acids is 4. The van der Waals surface area contributed by atoms with E-state index in [0.717, 1.165) is 0 Å². The first kappa shape index (κ1) is 41.0. The van der Waals surface area contributed by atoms with Gasteiger partial charge in [-0.3, -0.25) is 0 Å². The summed E-state index contributed by atoms with van der Waals surface area (Å²) in [4.78, 5) is 38.7. The fraction of sp³-hybridized carbons (Fsp3) is 0.478. The van der Waals surface area contributed by atoms with Crippen LogP contribution in [0.15, 0.2) is 48.1 Å². The summed E-state index contributed by atoms with van der Waals surface area (Å²) in [7, 11) is 0. The molecule has 0 atom stereocenters. The number of aliphatic hydroxyl groups is 3. The highest BCUT2D eigenvalue weighted by atomic mass is 16.4. The van der Waals surface area contributed by atoms with Crippen LogP contribution in [0.5, 0.6) is 0 Å². The maximum atomic E-state index is 9.86. The van der Waals surface area contributed by atoms with Crippen LogP contribution in [-0.4, -0.2) is 79.4 Å². The summed E-state index contributed by atoms with van der Waals surface area (Å²) in [5.74, 6) is -3.65. The molecule has 0 saturated carbocycles. The van der Waals surface area contributed by atoms with Crippen LogP contribution < -0.4 is 0 Å². The summed E-state index contributed by atoms with van der Waals surface area (Å²) in [6.45, 7) is 18.4. The Hall–Kier alpha value is -3.28. The summed E-state index contributed by atoms with van der Waals surface area (Å²) < 4.78 is 0. The molecule has 0 amide bonds. The van der Waals surface area contributed by atoms with Crippen LogP contribution in [0, 0.1) is 5.41 Å². The molecule has 0 fully saturated rings. The van der Waals surface area contributed by atoms with Gasteiger partial charge in [-0.25, -0.2) is 19.2 Å². The summed E-state index contributed by atoms with van der Waals surface area (Å²) >= 11 is 0. The Balaban J connectivity index is -0.000000104. The predicted octanol–water partition coefficient (Wildman–Crippen LogP) is 2.34. The van der Waals surface area contributed by atoms with E-state index in [1.807, 2.05) is 6.92 Å². The van der Waals surface area contributed by atoms with E-state index in [1.165, 1.54) is 20.8 Å². The number of carbonyl (C=O) groups is 4. The molecule has 0 saturated heterocycles. The number of hydrogen-bond acceptors (Lipinski definition) is 7. The molecule has 0 radical (unpaired) electrons.